The van der Waals surface area contributed by atoms with E-state index in [-0.39, 0.29) is 115 Å². The number of hydrogen-bond donors (Lipinski definition) is 2. The van der Waals surface area contributed by atoms with E-state index in [1.807, 2.05) is 85.8 Å². The molecule has 0 spiro atoms. The maximum atomic E-state index is 10.6. The van der Waals surface area contributed by atoms with Gasteiger partial charge in [-0.1, -0.05) is 99.5 Å². The number of ether oxygens (including phenoxy) is 2. The van der Waals surface area contributed by atoms with Crippen LogP contribution in [0.25, 0.3) is 0 Å². The van der Waals surface area contributed by atoms with Crippen molar-refractivity contribution in [2.75, 3.05) is 7.11 Å². The van der Waals surface area contributed by atoms with Crippen molar-refractivity contribution in [3.8, 4) is 17.2 Å². The van der Waals surface area contributed by atoms with Crippen molar-refractivity contribution in [2.45, 2.75) is 81.5 Å². The predicted octanol–water partition coefficient (Wildman–Crippen LogP) is 13.8. The third kappa shape index (κ3) is 27.7. The van der Waals surface area contributed by atoms with Gasteiger partial charge in [-0.3, -0.25) is 4.55 Å². The zero-order valence-corrected chi connectivity index (χ0v) is 37.0. The van der Waals surface area contributed by atoms with E-state index in [1.165, 1.54) is 22.8 Å². The van der Waals surface area contributed by atoms with Crippen LogP contribution >= 0.6 is 12.0 Å². The van der Waals surface area contributed by atoms with Gasteiger partial charge in [0.1, 0.15) is 11.5 Å². The van der Waals surface area contributed by atoms with E-state index in [9.17, 15) is 8.42 Å². The summed E-state index contributed by atoms with van der Waals surface area (Å²) in [5.41, 5.74) is 5.36. The molecule has 0 unspecified atom stereocenters. The third-order valence-electron chi connectivity index (χ3n) is 6.80. The summed E-state index contributed by atoms with van der Waals surface area (Å²) < 4.78 is 45.0. The molecule has 0 aliphatic rings. The zero-order valence-electron chi connectivity index (χ0n) is 29.7. The summed E-state index contributed by atoms with van der Waals surface area (Å²) in [6, 6.07) is 52.9. The van der Waals surface area contributed by atoms with Crippen molar-refractivity contribution in [3.63, 3.8) is 0 Å². The van der Waals surface area contributed by atoms with E-state index < -0.39 is 10.1 Å². The first-order valence-corrected chi connectivity index (χ1v) is 17.6. The van der Waals surface area contributed by atoms with Crippen LogP contribution in [-0.4, -0.2) is 25.3 Å². The van der Waals surface area contributed by atoms with Gasteiger partial charge in [-0.25, -0.2) is 13.7 Å². The van der Waals surface area contributed by atoms with Crippen LogP contribution in [0.5, 0.6) is 17.2 Å². The normalized spacial score (nSPS) is 8.85. The van der Waals surface area contributed by atoms with E-state index in [4.69, 9.17) is 19.3 Å². The summed E-state index contributed by atoms with van der Waals surface area (Å²) in [4.78, 5) is 0.779. The van der Waals surface area contributed by atoms with Crippen molar-refractivity contribution in [1.29, 1.82) is 0 Å². The third-order valence-corrected chi connectivity index (χ3v) is 8.54. The Morgan fingerprint density at radius 2 is 1.00 bits per heavy atom. The maximum absolute atomic E-state index is 10.6. The van der Waals surface area contributed by atoms with Gasteiger partial charge in [-0.2, -0.15) is 103 Å². The summed E-state index contributed by atoms with van der Waals surface area (Å²) >= 11 is 0.944. The monoisotopic (exact) mass is 996 g/mol. The van der Waals surface area contributed by atoms with E-state index in [2.05, 4.69) is 64.8 Å². The first-order valence-electron chi connectivity index (χ1n) is 15.4. The molecule has 0 saturated carbocycles. The fourth-order valence-corrected chi connectivity index (χ4v) is 5.22. The molecule has 0 atom stereocenters. The molecule has 8 nitrogen and oxygen atoms in total. The van der Waals surface area contributed by atoms with Crippen molar-refractivity contribution >= 4 is 22.2 Å². The van der Waals surface area contributed by atoms with E-state index in [0.29, 0.717) is 5.56 Å². The van der Waals surface area contributed by atoms with Gasteiger partial charge < -0.3 is 9.47 Å². The summed E-state index contributed by atoms with van der Waals surface area (Å²) in [5.74, 6) is 2.54. The van der Waals surface area contributed by atoms with Gasteiger partial charge in [0, 0.05) is 83.2 Å². The van der Waals surface area contributed by atoms with Crippen LogP contribution in [0.1, 0.15) is 72.4 Å². The quantitative estimate of drug-likeness (QED) is 0.0481. The predicted molar refractivity (Wildman–Crippen MR) is 238 cm³/mol. The molecule has 0 bridgehead atoms. The topological polar surface area (TPSA) is 112 Å². The molecule has 0 aromatic heterocycles. The molecule has 6 aromatic carbocycles. The second-order valence-electron chi connectivity index (χ2n) is 10.7. The molecule has 6 aromatic rings. The van der Waals surface area contributed by atoms with E-state index in [1.54, 1.807) is 38.3 Å². The smallest absolute Gasteiger partial charge is 0.247 e. The molecule has 0 fully saturated rings. The number of hydrogen-bond acceptors (Lipinski definition) is 8. The summed E-state index contributed by atoms with van der Waals surface area (Å²) in [5, 5.41) is 11.3. The molecule has 59 heavy (non-hydrogen) atoms. The fourth-order valence-electron chi connectivity index (χ4n) is 4.11. The molecular weight excluding hydrogens is 934 g/mol. The Bertz CT molecular complexity index is 1970. The van der Waals surface area contributed by atoms with Crippen molar-refractivity contribution in [1.82, 2.24) is 0 Å². The Morgan fingerprint density at radius 1 is 0.576 bits per heavy atom. The Balaban J connectivity index is -0.000000165. The van der Waals surface area contributed by atoms with Crippen molar-refractivity contribution < 1.29 is 102 Å². The largest absolute Gasteiger partial charge is 0.497 e. The number of benzene rings is 6. The van der Waals surface area contributed by atoms with Gasteiger partial charge in [0.2, 0.25) is 10.1 Å². The van der Waals surface area contributed by atoms with Crippen molar-refractivity contribution in [3.05, 3.63) is 186 Å². The molecule has 2 radical (unpaired) electrons. The van der Waals surface area contributed by atoms with Crippen LogP contribution in [0.15, 0.2) is 143 Å². The van der Waals surface area contributed by atoms with Crippen LogP contribution in [0.4, 0.5) is 0 Å². The molecule has 0 heterocycles. The molecular formula is C47H62O8S2Y2-4. The number of rotatable bonds is 9. The summed E-state index contributed by atoms with van der Waals surface area (Å²) in [6.07, 6.45) is 0.893. The van der Waals surface area contributed by atoms with Crippen LogP contribution in [0.3, 0.4) is 0 Å². The molecule has 6 rings (SSSR count). The van der Waals surface area contributed by atoms with Crippen LogP contribution in [0.2, 0.25) is 0 Å². The first kappa shape index (κ1) is 68.0. The molecule has 0 amide bonds. The van der Waals surface area contributed by atoms with E-state index in [0.717, 1.165) is 46.2 Å². The second-order valence-corrected chi connectivity index (χ2v) is 12.8. The number of aryl methyl sites for hydroxylation is 3. The second kappa shape index (κ2) is 38.2. The van der Waals surface area contributed by atoms with Gasteiger partial charge in [0.05, 0.1) is 7.11 Å². The van der Waals surface area contributed by atoms with Gasteiger partial charge in [-0.05, 0) is 46.7 Å². The minimum absolute atomic E-state index is 0. The fraction of sp³-hybridized carbons (Fsp3) is 0.234. The molecule has 2 N–H and O–H groups in total. The van der Waals surface area contributed by atoms with Gasteiger partial charge in [0.15, 0.2) is 0 Å². The molecule has 0 aliphatic carbocycles. The van der Waals surface area contributed by atoms with Crippen LogP contribution < -0.4 is 9.47 Å². The average molecular weight is 997 g/mol. The van der Waals surface area contributed by atoms with Gasteiger partial charge in [0.25, 0.3) is 0 Å². The average Bonchev–Trinajstić information content (AvgIpc) is 3.14. The summed E-state index contributed by atoms with van der Waals surface area (Å²) in [7, 11) is -2.39. The minimum Gasteiger partial charge on any atom is -0.497 e. The van der Waals surface area contributed by atoms with Crippen LogP contribution in [-0.2, 0) is 91.3 Å². The van der Waals surface area contributed by atoms with Gasteiger partial charge >= 0.3 is 0 Å². The molecule has 320 valence electrons. The van der Waals surface area contributed by atoms with Crippen LogP contribution in [0, 0.1) is 45.0 Å². The SMILES string of the molecule is C.C.C.C.C.C.COc1ccc(Cc2ccc(Oc3cc[c-]cc3)cc2)cc1.Cc1cc[c-]cc1.Cc1cc[c-]cc1S(=O)(=O)O.Cc1cc[c-]cc1SOOO.[Y].[Y]. The van der Waals surface area contributed by atoms with Crippen molar-refractivity contribution in [2.24, 2.45) is 0 Å². The maximum Gasteiger partial charge on any atom is 0.247 e. The van der Waals surface area contributed by atoms with Gasteiger partial charge in [-0.15, -0.1) is 27.6 Å². The minimum atomic E-state index is -4.06. The molecule has 0 aliphatic heterocycles. The Labute approximate surface area is 412 Å². The number of methoxy groups -OCH3 is 1. The Hall–Kier alpha value is -2.73. The molecule has 12 heteroatoms. The standard InChI is InChI=1S/C20H17O2.2C7H7O3S.C7H7.6CH4.2Y/c1-21-18-11-7-16(8-12-18)15-17-9-13-20(14-10-17)22-19-5-3-2-4-6-19;1-6-4-2-3-5-7(6)11(8,9)10;1-6-4-2-3-5-7(6)11-10-9-8;1-7-5-3-2-4-6-7;;;;;;;;/h3-14H,15H2,1H3;2,4-5H,1H3,(H,8,9,10);2,4-5,8H,1H3;3-6H,1H3;6*1H4;;/q4*-1;;;;;;;;. The first-order chi connectivity index (χ1) is 24.6. The van der Waals surface area contributed by atoms with E-state index >= 15 is 0 Å². The Kier molecular flexibility index (Phi) is 44.0. The molecule has 0 saturated heterocycles. The zero-order chi connectivity index (χ0) is 36.9. The summed E-state index contributed by atoms with van der Waals surface area (Å²) in [6.45, 7) is 5.60. The Morgan fingerprint density at radius 3 is 1.39 bits per heavy atom.